The van der Waals surface area contributed by atoms with E-state index in [9.17, 15) is 0 Å². The van der Waals surface area contributed by atoms with Crippen molar-refractivity contribution in [3.63, 3.8) is 0 Å². The standard InChI is InChI=1S/C16H25NO/c1-4-8-16(9-11-17(2)12-10-16)14-6-5-7-15(13-14)18-3/h5-7,13H,4,8-12H2,1-3H3. The summed E-state index contributed by atoms with van der Waals surface area (Å²) in [7, 11) is 3.97. The molecule has 0 aliphatic carbocycles. The van der Waals surface area contributed by atoms with E-state index < -0.39 is 0 Å². The molecule has 2 nitrogen and oxygen atoms in total. The first-order valence-electron chi connectivity index (χ1n) is 7.03. The van der Waals surface area contributed by atoms with Crippen LogP contribution in [0.15, 0.2) is 24.3 Å². The van der Waals surface area contributed by atoms with Crippen molar-refractivity contribution in [3.05, 3.63) is 29.8 Å². The van der Waals surface area contributed by atoms with Crippen molar-refractivity contribution in [2.24, 2.45) is 0 Å². The summed E-state index contributed by atoms with van der Waals surface area (Å²) in [6.07, 6.45) is 5.07. The lowest BCUT2D eigenvalue weighted by Crippen LogP contribution is -2.40. The molecule has 1 fully saturated rings. The first kappa shape index (κ1) is 13.4. The summed E-state index contributed by atoms with van der Waals surface area (Å²) in [6.45, 7) is 4.70. The van der Waals surface area contributed by atoms with Gasteiger partial charge in [0.25, 0.3) is 0 Å². The zero-order chi connectivity index (χ0) is 13.0. The summed E-state index contributed by atoms with van der Waals surface area (Å²) < 4.78 is 5.38. The predicted molar refractivity (Wildman–Crippen MR) is 76.3 cm³/mol. The minimum absolute atomic E-state index is 0.371. The van der Waals surface area contributed by atoms with Gasteiger partial charge in [-0.2, -0.15) is 0 Å². The van der Waals surface area contributed by atoms with Crippen LogP contribution in [0.2, 0.25) is 0 Å². The van der Waals surface area contributed by atoms with Crippen molar-refractivity contribution in [1.82, 2.24) is 4.90 Å². The summed E-state index contributed by atoms with van der Waals surface area (Å²) in [5.74, 6) is 0.988. The number of likely N-dealkylation sites (tertiary alicyclic amines) is 1. The van der Waals surface area contributed by atoms with Crippen molar-refractivity contribution >= 4 is 0 Å². The summed E-state index contributed by atoms with van der Waals surface area (Å²) >= 11 is 0. The Morgan fingerprint density at radius 3 is 2.61 bits per heavy atom. The van der Waals surface area contributed by atoms with Crippen molar-refractivity contribution < 1.29 is 4.74 Å². The van der Waals surface area contributed by atoms with E-state index in [1.807, 2.05) is 6.07 Å². The Balaban J connectivity index is 2.28. The van der Waals surface area contributed by atoms with E-state index in [2.05, 4.69) is 37.1 Å². The van der Waals surface area contributed by atoms with Crippen LogP contribution in [-0.2, 0) is 5.41 Å². The Bertz CT molecular complexity index is 380. The Kier molecular flexibility index (Phi) is 4.28. The first-order chi connectivity index (χ1) is 8.70. The minimum Gasteiger partial charge on any atom is -0.497 e. The van der Waals surface area contributed by atoms with E-state index in [4.69, 9.17) is 4.74 Å². The van der Waals surface area contributed by atoms with E-state index >= 15 is 0 Å². The molecule has 0 amide bonds. The molecule has 0 aromatic heterocycles. The van der Waals surface area contributed by atoms with E-state index in [0.29, 0.717) is 5.41 Å². The number of methoxy groups -OCH3 is 1. The highest BCUT2D eigenvalue weighted by Crippen LogP contribution is 2.40. The van der Waals surface area contributed by atoms with Crippen molar-refractivity contribution in [3.8, 4) is 5.75 Å². The van der Waals surface area contributed by atoms with Gasteiger partial charge in [-0.15, -0.1) is 0 Å². The normalized spacial score (nSPS) is 19.7. The van der Waals surface area contributed by atoms with Gasteiger partial charge in [0.05, 0.1) is 7.11 Å². The number of nitrogens with zero attached hydrogens (tertiary/aromatic N) is 1. The van der Waals surface area contributed by atoms with Crippen LogP contribution < -0.4 is 4.74 Å². The van der Waals surface area contributed by atoms with Gasteiger partial charge in [-0.1, -0.05) is 25.5 Å². The zero-order valence-electron chi connectivity index (χ0n) is 11.9. The smallest absolute Gasteiger partial charge is 0.119 e. The average Bonchev–Trinajstić information content (AvgIpc) is 2.42. The van der Waals surface area contributed by atoms with E-state index in [1.165, 1.54) is 44.3 Å². The molecule has 2 heteroatoms. The molecule has 1 aromatic carbocycles. The minimum atomic E-state index is 0.371. The summed E-state index contributed by atoms with van der Waals surface area (Å²) in [6, 6.07) is 8.69. The maximum atomic E-state index is 5.38. The van der Waals surface area contributed by atoms with Crippen molar-refractivity contribution in [1.29, 1.82) is 0 Å². The van der Waals surface area contributed by atoms with Gasteiger partial charge in [0.15, 0.2) is 0 Å². The second kappa shape index (κ2) is 5.75. The summed E-state index contributed by atoms with van der Waals surface area (Å²) in [5, 5.41) is 0. The van der Waals surface area contributed by atoms with Crippen LogP contribution in [0, 0.1) is 0 Å². The van der Waals surface area contributed by atoms with Crippen LogP contribution in [0.1, 0.15) is 38.2 Å². The van der Waals surface area contributed by atoms with E-state index in [-0.39, 0.29) is 0 Å². The summed E-state index contributed by atoms with van der Waals surface area (Å²) in [4.78, 5) is 2.44. The van der Waals surface area contributed by atoms with Gasteiger partial charge in [-0.25, -0.2) is 0 Å². The number of hydrogen-bond donors (Lipinski definition) is 0. The fourth-order valence-corrected chi connectivity index (χ4v) is 3.16. The van der Waals surface area contributed by atoms with E-state index in [0.717, 1.165) is 5.75 Å². The Labute approximate surface area is 111 Å². The molecule has 0 spiro atoms. The Morgan fingerprint density at radius 1 is 1.28 bits per heavy atom. The molecular weight excluding hydrogens is 222 g/mol. The molecule has 2 rings (SSSR count). The number of hydrogen-bond acceptors (Lipinski definition) is 2. The molecule has 1 aromatic rings. The van der Waals surface area contributed by atoms with Crippen LogP contribution in [0.25, 0.3) is 0 Å². The fourth-order valence-electron chi connectivity index (χ4n) is 3.16. The van der Waals surface area contributed by atoms with Gasteiger partial charge >= 0.3 is 0 Å². The zero-order valence-corrected chi connectivity index (χ0v) is 11.9. The molecule has 1 saturated heterocycles. The third kappa shape index (κ3) is 2.69. The molecule has 0 saturated carbocycles. The molecule has 0 atom stereocenters. The number of ether oxygens (including phenoxy) is 1. The topological polar surface area (TPSA) is 12.5 Å². The van der Waals surface area contributed by atoms with Gasteiger partial charge in [-0.05, 0) is 62.5 Å². The highest BCUT2D eigenvalue weighted by atomic mass is 16.5. The average molecular weight is 247 g/mol. The van der Waals surface area contributed by atoms with Crippen LogP contribution in [0.5, 0.6) is 5.75 Å². The molecule has 18 heavy (non-hydrogen) atoms. The lowest BCUT2D eigenvalue weighted by atomic mass is 9.70. The second-order valence-electron chi connectivity index (χ2n) is 5.57. The molecule has 0 unspecified atom stereocenters. The third-order valence-electron chi connectivity index (χ3n) is 4.35. The lowest BCUT2D eigenvalue weighted by molar-refractivity contribution is 0.177. The van der Waals surface area contributed by atoms with Gasteiger partial charge in [0.1, 0.15) is 5.75 Å². The van der Waals surface area contributed by atoms with Crippen LogP contribution in [-0.4, -0.2) is 32.1 Å². The monoisotopic (exact) mass is 247 g/mol. The molecule has 1 heterocycles. The summed E-state index contributed by atoms with van der Waals surface area (Å²) in [5.41, 5.74) is 1.84. The fraction of sp³-hybridized carbons (Fsp3) is 0.625. The number of benzene rings is 1. The molecule has 0 radical (unpaired) electrons. The number of rotatable bonds is 4. The van der Waals surface area contributed by atoms with Crippen LogP contribution >= 0.6 is 0 Å². The predicted octanol–water partition coefficient (Wildman–Crippen LogP) is 3.46. The van der Waals surface area contributed by atoms with Gasteiger partial charge < -0.3 is 9.64 Å². The SMILES string of the molecule is CCCC1(c2cccc(OC)c2)CCN(C)CC1. The lowest BCUT2D eigenvalue weighted by Gasteiger charge is -2.41. The molecule has 0 N–H and O–H groups in total. The van der Waals surface area contributed by atoms with Crippen molar-refractivity contribution in [2.45, 2.75) is 38.0 Å². The van der Waals surface area contributed by atoms with Gasteiger partial charge in [-0.3, -0.25) is 0 Å². The van der Waals surface area contributed by atoms with E-state index in [1.54, 1.807) is 7.11 Å². The van der Waals surface area contributed by atoms with Crippen LogP contribution in [0.3, 0.4) is 0 Å². The molecule has 1 aliphatic heterocycles. The maximum absolute atomic E-state index is 5.38. The second-order valence-corrected chi connectivity index (χ2v) is 5.57. The largest absolute Gasteiger partial charge is 0.497 e. The molecular formula is C16H25NO. The quantitative estimate of drug-likeness (QED) is 0.808. The van der Waals surface area contributed by atoms with Crippen LogP contribution in [0.4, 0.5) is 0 Å². The van der Waals surface area contributed by atoms with Gasteiger partial charge in [0, 0.05) is 0 Å². The third-order valence-corrected chi connectivity index (χ3v) is 4.35. The maximum Gasteiger partial charge on any atom is 0.119 e. The molecule has 100 valence electrons. The highest BCUT2D eigenvalue weighted by Gasteiger charge is 2.34. The number of piperidine rings is 1. The molecule has 1 aliphatic rings. The first-order valence-corrected chi connectivity index (χ1v) is 7.03. The van der Waals surface area contributed by atoms with Gasteiger partial charge in [0.2, 0.25) is 0 Å². The van der Waals surface area contributed by atoms with Crippen molar-refractivity contribution in [2.75, 3.05) is 27.2 Å². The highest BCUT2D eigenvalue weighted by molar-refractivity contribution is 5.34. The Morgan fingerprint density at radius 2 is 2.00 bits per heavy atom. The molecule has 0 bridgehead atoms. The Hall–Kier alpha value is -1.02.